The Bertz CT molecular complexity index is 545. The minimum absolute atomic E-state index is 0.306. The fraction of sp³-hybridized carbons (Fsp3) is 0.450. The van der Waals surface area contributed by atoms with Gasteiger partial charge in [0.25, 0.3) is 0 Å². The molecule has 0 amide bonds. The lowest BCUT2D eigenvalue weighted by molar-refractivity contribution is 0.306. The van der Waals surface area contributed by atoms with Crippen molar-refractivity contribution < 1.29 is 4.74 Å². The fourth-order valence-electron chi connectivity index (χ4n) is 2.47. The van der Waals surface area contributed by atoms with Crippen molar-refractivity contribution in [3.05, 3.63) is 59.4 Å². The van der Waals surface area contributed by atoms with Crippen molar-refractivity contribution in [2.45, 2.75) is 52.4 Å². The number of aromatic nitrogens is 1. The Hall–Kier alpha value is -1.83. The molecule has 22 heavy (non-hydrogen) atoms. The van der Waals surface area contributed by atoms with E-state index in [9.17, 15) is 0 Å². The Kier molecular flexibility index (Phi) is 6.45. The van der Waals surface area contributed by atoms with Gasteiger partial charge in [-0.2, -0.15) is 0 Å². The van der Waals surface area contributed by atoms with Gasteiger partial charge < -0.3 is 4.74 Å². The van der Waals surface area contributed by atoms with Gasteiger partial charge in [-0.15, -0.1) is 0 Å². The lowest BCUT2D eigenvalue weighted by atomic mass is 9.97. The van der Waals surface area contributed by atoms with E-state index in [1.807, 2.05) is 6.20 Å². The molecule has 0 aliphatic heterocycles. The number of nitrogens with zero attached hydrogens (tertiary/aromatic N) is 1. The summed E-state index contributed by atoms with van der Waals surface area (Å²) in [5.74, 6) is 1.27. The van der Waals surface area contributed by atoms with E-state index in [0.29, 0.717) is 5.92 Å². The molecule has 0 spiro atoms. The lowest BCUT2D eigenvalue weighted by Gasteiger charge is -2.13. The summed E-state index contributed by atoms with van der Waals surface area (Å²) < 4.78 is 5.76. The summed E-state index contributed by atoms with van der Waals surface area (Å²) in [6.07, 6.45) is 6.60. The third-order valence-corrected chi connectivity index (χ3v) is 4.10. The first-order chi connectivity index (χ1) is 10.7. The zero-order valence-electron chi connectivity index (χ0n) is 14.0. The number of benzene rings is 1. The highest BCUT2D eigenvalue weighted by atomic mass is 16.5. The van der Waals surface area contributed by atoms with Crippen molar-refractivity contribution in [3.8, 4) is 5.75 Å². The van der Waals surface area contributed by atoms with Crippen molar-refractivity contribution in [2.24, 2.45) is 0 Å². The Morgan fingerprint density at radius 2 is 1.77 bits per heavy atom. The number of ether oxygens (including phenoxy) is 1. The number of unbranched alkanes of at least 4 members (excludes halogenated alkanes) is 2. The molecule has 0 bridgehead atoms. The van der Waals surface area contributed by atoms with Crippen LogP contribution in [0.5, 0.6) is 5.75 Å². The van der Waals surface area contributed by atoms with Gasteiger partial charge in [-0.25, -0.2) is 0 Å². The van der Waals surface area contributed by atoms with Crippen LogP contribution >= 0.6 is 0 Å². The number of aryl methyl sites for hydroxylation is 1. The lowest BCUT2D eigenvalue weighted by Crippen LogP contribution is -2.01. The van der Waals surface area contributed by atoms with Crippen molar-refractivity contribution in [1.82, 2.24) is 4.98 Å². The number of rotatable bonds is 8. The molecule has 1 heterocycles. The third kappa shape index (κ3) is 4.59. The van der Waals surface area contributed by atoms with Crippen LogP contribution in [0.1, 0.15) is 62.8 Å². The molecule has 1 atom stereocenters. The Balaban J connectivity index is 1.96. The van der Waals surface area contributed by atoms with Crippen LogP contribution in [0.3, 0.4) is 0 Å². The maximum absolute atomic E-state index is 5.76. The van der Waals surface area contributed by atoms with E-state index in [-0.39, 0.29) is 0 Å². The molecule has 2 rings (SSSR count). The summed E-state index contributed by atoms with van der Waals surface area (Å²) in [6, 6.07) is 12.7. The summed E-state index contributed by atoms with van der Waals surface area (Å²) >= 11 is 0. The molecule has 0 aliphatic carbocycles. The van der Waals surface area contributed by atoms with E-state index in [1.54, 1.807) is 0 Å². The van der Waals surface area contributed by atoms with Gasteiger partial charge in [-0.05, 0) is 42.2 Å². The van der Waals surface area contributed by atoms with Crippen LogP contribution in [0.25, 0.3) is 0 Å². The van der Waals surface area contributed by atoms with Crippen LogP contribution in [0.15, 0.2) is 42.6 Å². The number of hydrogen-bond donors (Lipinski definition) is 0. The van der Waals surface area contributed by atoms with Crippen LogP contribution in [-0.4, -0.2) is 11.6 Å². The van der Waals surface area contributed by atoms with Gasteiger partial charge in [0.1, 0.15) is 5.75 Å². The van der Waals surface area contributed by atoms with Crippen molar-refractivity contribution >= 4 is 0 Å². The van der Waals surface area contributed by atoms with Crippen molar-refractivity contribution in [1.29, 1.82) is 0 Å². The summed E-state index contributed by atoms with van der Waals surface area (Å²) in [5.41, 5.74) is 3.68. The molecule has 0 radical (unpaired) electrons. The van der Waals surface area contributed by atoms with Crippen LogP contribution in [0.4, 0.5) is 0 Å². The molecule has 0 N–H and O–H groups in total. The van der Waals surface area contributed by atoms with E-state index < -0.39 is 0 Å². The largest absolute Gasteiger partial charge is 0.494 e. The second-order valence-corrected chi connectivity index (χ2v) is 5.79. The van der Waals surface area contributed by atoms with Gasteiger partial charge in [0.15, 0.2) is 0 Å². The number of hydrogen-bond acceptors (Lipinski definition) is 2. The smallest absolute Gasteiger partial charge is 0.119 e. The van der Waals surface area contributed by atoms with E-state index in [4.69, 9.17) is 4.74 Å². The average molecular weight is 297 g/mol. The van der Waals surface area contributed by atoms with Gasteiger partial charge in [-0.3, -0.25) is 4.98 Å². The predicted molar refractivity (Wildman–Crippen MR) is 92.6 cm³/mol. The summed E-state index contributed by atoms with van der Waals surface area (Å²) in [6.45, 7) is 7.37. The molecule has 118 valence electrons. The highest BCUT2D eigenvalue weighted by Gasteiger charge is 2.09. The third-order valence-electron chi connectivity index (χ3n) is 4.10. The topological polar surface area (TPSA) is 22.1 Å². The molecule has 0 saturated carbocycles. The van der Waals surface area contributed by atoms with Gasteiger partial charge >= 0.3 is 0 Å². The van der Waals surface area contributed by atoms with Crippen molar-refractivity contribution in [2.75, 3.05) is 6.61 Å². The Morgan fingerprint density at radius 3 is 2.36 bits per heavy atom. The molecule has 0 aliphatic rings. The second-order valence-electron chi connectivity index (χ2n) is 5.79. The van der Waals surface area contributed by atoms with Gasteiger partial charge in [-0.1, -0.05) is 51.8 Å². The first kappa shape index (κ1) is 16.5. The molecule has 1 aromatic carbocycles. The molecule has 1 unspecified atom stereocenters. The quantitative estimate of drug-likeness (QED) is 0.611. The minimum Gasteiger partial charge on any atom is -0.494 e. The predicted octanol–water partition coefficient (Wildman–Crippen LogP) is 5.36. The van der Waals surface area contributed by atoms with E-state index >= 15 is 0 Å². The standard InChI is InChI=1S/C20H27NO/c1-4-6-7-14-22-19-11-9-18(10-12-19)16(3)20-13-8-17(5-2)15-21-20/h8-13,15-16H,4-7,14H2,1-3H3. The maximum atomic E-state index is 5.76. The summed E-state index contributed by atoms with van der Waals surface area (Å²) in [4.78, 5) is 4.59. The minimum atomic E-state index is 0.306. The summed E-state index contributed by atoms with van der Waals surface area (Å²) in [5, 5.41) is 0. The van der Waals surface area contributed by atoms with Gasteiger partial charge in [0.05, 0.1) is 6.61 Å². The monoisotopic (exact) mass is 297 g/mol. The van der Waals surface area contributed by atoms with Gasteiger partial charge in [0.2, 0.25) is 0 Å². The molecular weight excluding hydrogens is 270 g/mol. The maximum Gasteiger partial charge on any atom is 0.119 e. The zero-order valence-corrected chi connectivity index (χ0v) is 14.0. The van der Waals surface area contributed by atoms with E-state index in [2.05, 4.69) is 62.2 Å². The first-order valence-corrected chi connectivity index (χ1v) is 8.42. The van der Waals surface area contributed by atoms with Crippen molar-refractivity contribution in [3.63, 3.8) is 0 Å². The molecule has 2 aromatic rings. The van der Waals surface area contributed by atoms with Crippen LogP contribution < -0.4 is 4.74 Å². The van der Waals surface area contributed by atoms with Crippen LogP contribution in [-0.2, 0) is 6.42 Å². The van der Waals surface area contributed by atoms with E-state index in [1.165, 1.54) is 24.0 Å². The fourth-order valence-corrected chi connectivity index (χ4v) is 2.47. The number of pyridine rings is 1. The summed E-state index contributed by atoms with van der Waals surface area (Å²) in [7, 11) is 0. The SMILES string of the molecule is CCCCCOc1ccc(C(C)c2ccc(CC)cn2)cc1. The highest BCUT2D eigenvalue weighted by molar-refractivity contribution is 5.33. The molecule has 1 aromatic heterocycles. The molecule has 2 nitrogen and oxygen atoms in total. The van der Waals surface area contributed by atoms with Gasteiger partial charge in [0, 0.05) is 17.8 Å². The molecule has 0 saturated heterocycles. The second kappa shape index (κ2) is 8.57. The highest BCUT2D eigenvalue weighted by Crippen LogP contribution is 2.24. The zero-order chi connectivity index (χ0) is 15.8. The van der Waals surface area contributed by atoms with E-state index in [0.717, 1.165) is 30.9 Å². The van der Waals surface area contributed by atoms with Crippen LogP contribution in [0.2, 0.25) is 0 Å². The Labute approximate surface area is 134 Å². The molecular formula is C20H27NO. The normalized spacial score (nSPS) is 12.1. The molecule has 2 heteroatoms. The molecule has 0 fully saturated rings. The average Bonchev–Trinajstić information content (AvgIpc) is 2.59. The Morgan fingerprint density at radius 1 is 1.00 bits per heavy atom. The first-order valence-electron chi connectivity index (χ1n) is 8.42. The van der Waals surface area contributed by atoms with Crippen LogP contribution in [0, 0.1) is 0 Å².